The Morgan fingerprint density at radius 1 is 1.03 bits per heavy atom. The number of carbonyl (C=O) groups is 2. The Morgan fingerprint density at radius 3 is 1.93 bits per heavy atom. The summed E-state index contributed by atoms with van der Waals surface area (Å²) in [7, 11) is 0. The lowest BCUT2D eigenvalue weighted by Crippen LogP contribution is -2.62. The van der Waals surface area contributed by atoms with E-state index < -0.39 is 5.41 Å². The molecule has 0 radical (unpaired) electrons. The van der Waals surface area contributed by atoms with Gasteiger partial charge in [-0.25, -0.2) is 0 Å². The predicted octanol–water partition coefficient (Wildman–Crippen LogP) is 5.49. The molecule has 0 aromatic heterocycles. The molecule has 5 nitrogen and oxygen atoms in total. The molecule has 0 saturated carbocycles. The number of nitrogens with zero attached hydrogens (tertiary/aromatic N) is 1. The first-order valence-electron chi connectivity index (χ1n) is 10.4. The van der Waals surface area contributed by atoms with Gasteiger partial charge in [-0.3, -0.25) is 14.4 Å². The van der Waals surface area contributed by atoms with E-state index >= 15 is 0 Å². The van der Waals surface area contributed by atoms with Gasteiger partial charge < -0.3 is 4.74 Å². The van der Waals surface area contributed by atoms with Crippen LogP contribution in [0.5, 0.6) is 0 Å². The molecule has 5 heteroatoms. The highest BCUT2D eigenvalue weighted by Gasteiger charge is 2.48. The molecule has 0 N–H and O–H groups in total. The minimum atomic E-state index is -0.511. The van der Waals surface area contributed by atoms with Crippen LogP contribution in [0, 0.1) is 5.41 Å². The summed E-state index contributed by atoms with van der Waals surface area (Å²) in [6.45, 7) is 17.7. The molecule has 0 amide bonds. The van der Waals surface area contributed by atoms with Crippen LogP contribution in [0.1, 0.15) is 97.2 Å². The van der Waals surface area contributed by atoms with E-state index in [4.69, 9.17) is 9.57 Å². The Labute approximate surface area is 175 Å². The summed E-state index contributed by atoms with van der Waals surface area (Å²) in [4.78, 5) is 30.3. The summed E-state index contributed by atoms with van der Waals surface area (Å²) in [5.41, 5.74) is 0.588. The van der Waals surface area contributed by atoms with Gasteiger partial charge in [-0.05, 0) is 67.9 Å². The van der Waals surface area contributed by atoms with Gasteiger partial charge in [-0.15, -0.1) is 0 Å². The van der Waals surface area contributed by atoms with E-state index in [1.54, 1.807) is 6.92 Å². The lowest BCUT2D eigenvalue weighted by Gasteiger charge is -2.54. The molecule has 0 aliphatic carbocycles. The number of ether oxygens (including phenoxy) is 1. The lowest BCUT2D eigenvalue weighted by molar-refractivity contribution is -0.314. The van der Waals surface area contributed by atoms with Crippen molar-refractivity contribution in [3.8, 4) is 0 Å². The number of hydrogen-bond donors (Lipinski definition) is 0. The SMILES string of the molecule is CC(=O)c1ccc(C(C)ON2C(C)(C)CC(OC(=O)C(C)(C)C)CC2(C)C)cc1. The van der Waals surface area contributed by atoms with Gasteiger partial charge in [0.15, 0.2) is 5.78 Å². The van der Waals surface area contributed by atoms with E-state index in [-0.39, 0.29) is 35.0 Å². The van der Waals surface area contributed by atoms with Crippen LogP contribution in [0.2, 0.25) is 0 Å². The zero-order valence-corrected chi connectivity index (χ0v) is 19.5. The van der Waals surface area contributed by atoms with Crippen LogP contribution >= 0.6 is 0 Å². The Balaban J connectivity index is 2.14. The molecule has 1 aliphatic rings. The van der Waals surface area contributed by atoms with E-state index in [0.29, 0.717) is 18.4 Å². The van der Waals surface area contributed by atoms with Crippen molar-refractivity contribution in [2.45, 2.75) is 98.4 Å². The number of rotatable bonds is 5. The van der Waals surface area contributed by atoms with E-state index in [2.05, 4.69) is 32.8 Å². The maximum atomic E-state index is 12.4. The molecule has 162 valence electrons. The summed E-state index contributed by atoms with van der Waals surface area (Å²) >= 11 is 0. The lowest BCUT2D eigenvalue weighted by atomic mass is 9.80. The number of piperidine rings is 1. The van der Waals surface area contributed by atoms with Gasteiger partial charge in [0, 0.05) is 29.5 Å². The van der Waals surface area contributed by atoms with Crippen LogP contribution in [-0.4, -0.2) is 34.0 Å². The second kappa shape index (κ2) is 8.19. The molecule has 1 aromatic carbocycles. The third-order valence-electron chi connectivity index (χ3n) is 5.49. The highest BCUT2D eigenvalue weighted by atomic mass is 16.7. The van der Waals surface area contributed by atoms with Crippen molar-refractivity contribution >= 4 is 11.8 Å². The largest absolute Gasteiger partial charge is 0.462 e. The van der Waals surface area contributed by atoms with Crippen molar-refractivity contribution in [3.63, 3.8) is 0 Å². The monoisotopic (exact) mass is 403 g/mol. The maximum absolute atomic E-state index is 12.4. The van der Waals surface area contributed by atoms with E-state index in [1.165, 1.54) is 0 Å². The number of Topliss-reactive ketones (excluding diaryl/α,β-unsaturated/α-hetero) is 1. The zero-order chi connectivity index (χ0) is 22.2. The molecule has 0 spiro atoms. The number of carbonyl (C=O) groups excluding carboxylic acids is 2. The van der Waals surface area contributed by atoms with Crippen molar-refractivity contribution in [1.82, 2.24) is 5.06 Å². The third kappa shape index (κ3) is 5.67. The smallest absolute Gasteiger partial charge is 0.311 e. The van der Waals surface area contributed by atoms with Gasteiger partial charge in [0.25, 0.3) is 0 Å². The molecule has 1 heterocycles. The van der Waals surface area contributed by atoms with E-state index in [1.807, 2.05) is 52.0 Å². The van der Waals surface area contributed by atoms with Crippen LogP contribution in [0.4, 0.5) is 0 Å². The maximum Gasteiger partial charge on any atom is 0.311 e. The molecule has 1 saturated heterocycles. The minimum Gasteiger partial charge on any atom is -0.462 e. The molecule has 1 atom stereocenters. The first-order chi connectivity index (χ1) is 13.1. The fraction of sp³-hybridized carbons (Fsp3) is 0.667. The molecular formula is C24H37NO4. The Bertz CT molecular complexity index is 725. The van der Waals surface area contributed by atoms with Crippen molar-refractivity contribution in [2.24, 2.45) is 5.41 Å². The quantitative estimate of drug-likeness (QED) is 0.480. The minimum absolute atomic E-state index is 0.0549. The third-order valence-corrected chi connectivity index (χ3v) is 5.49. The second-order valence-electron chi connectivity index (χ2n) is 10.5. The highest BCUT2D eigenvalue weighted by Crippen LogP contribution is 2.42. The topological polar surface area (TPSA) is 55.8 Å². The molecule has 1 aliphatic heterocycles. The van der Waals surface area contributed by atoms with Crippen molar-refractivity contribution in [2.75, 3.05) is 0 Å². The normalized spacial score (nSPS) is 20.9. The summed E-state index contributed by atoms with van der Waals surface area (Å²) in [6.07, 6.45) is 1.10. The first-order valence-corrected chi connectivity index (χ1v) is 10.4. The van der Waals surface area contributed by atoms with Gasteiger partial charge in [-0.1, -0.05) is 24.3 Å². The Hall–Kier alpha value is -1.72. The Morgan fingerprint density at radius 2 is 1.52 bits per heavy atom. The van der Waals surface area contributed by atoms with E-state index in [9.17, 15) is 9.59 Å². The molecule has 0 bridgehead atoms. The van der Waals surface area contributed by atoms with Crippen molar-refractivity contribution in [1.29, 1.82) is 0 Å². The van der Waals surface area contributed by atoms with Crippen LogP contribution in [0.15, 0.2) is 24.3 Å². The fourth-order valence-electron chi connectivity index (χ4n) is 4.08. The standard InChI is InChI=1S/C24H37NO4/c1-16(26)18-10-12-19(13-11-18)17(2)29-25-23(6,7)14-20(15-24(25,8)9)28-21(27)22(3,4)5/h10-13,17,20H,14-15H2,1-9H3. The number of esters is 1. The summed E-state index contributed by atoms with van der Waals surface area (Å²) in [6, 6.07) is 7.57. The van der Waals surface area contributed by atoms with Crippen LogP contribution in [-0.2, 0) is 14.4 Å². The van der Waals surface area contributed by atoms with Crippen LogP contribution in [0.3, 0.4) is 0 Å². The van der Waals surface area contributed by atoms with Gasteiger partial charge >= 0.3 is 5.97 Å². The number of ketones is 1. The van der Waals surface area contributed by atoms with Crippen LogP contribution < -0.4 is 0 Å². The molecular weight excluding hydrogens is 366 g/mol. The molecule has 2 rings (SSSR count). The van der Waals surface area contributed by atoms with Gasteiger partial charge in [0.05, 0.1) is 5.41 Å². The number of benzene rings is 1. The van der Waals surface area contributed by atoms with Crippen LogP contribution in [0.25, 0.3) is 0 Å². The predicted molar refractivity (Wildman–Crippen MR) is 115 cm³/mol. The second-order valence-corrected chi connectivity index (χ2v) is 10.5. The van der Waals surface area contributed by atoms with Crippen molar-refractivity contribution in [3.05, 3.63) is 35.4 Å². The highest BCUT2D eigenvalue weighted by molar-refractivity contribution is 5.94. The molecule has 1 fully saturated rings. The summed E-state index contributed by atoms with van der Waals surface area (Å²) in [5.74, 6) is -0.110. The van der Waals surface area contributed by atoms with E-state index in [0.717, 1.165) is 5.56 Å². The number of hydroxylamine groups is 2. The average Bonchev–Trinajstić information content (AvgIpc) is 2.56. The van der Waals surface area contributed by atoms with Gasteiger partial charge in [0.2, 0.25) is 0 Å². The van der Waals surface area contributed by atoms with Gasteiger partial charge in [0.1, 0.15) is 12.2 Å². The van der Waals surface area contributed by atoms with Gasteiger partial charge in [-0.2, -0.15) is 5.06 Å². The molecule has 29 heavy (non-hydrogen) atoms. The van der Waals surface area contributed by atoms with Crippen molar-refractivity contribution < 1.29 is 19.2 Å². The molecule has 1 aromatic rings. The molecule has 1 unspecified atom stereocenters. The average molecular weight is 404 g/mol. The fourth-order valence-corrected chi connectivity index (χ4v) is 4.08. The summed E-state index contributed by atoms with van der Waals surface area (Å²) in [5, 5.41) is 2.06. The number of hydrogen-bond acceptors (Lipinski definition) is 5. The summed E-state index contributed by atoms with van der Waals surface area (Å²) < 4.78 is 5.85. The zero-order valence-electron chi connectivity index (χ0n) is 19.5. The Kier molecular flexibility index (Phi) is 6.65. The first kappa shape index (κ1) is 23.6.